The Balaban J connectivity index is 1.63. The number of hydrogen-bond acceptors (Lipinski definition) is 7. The minimum Gasteiger partial charge on any atom is -0.361 e. The molecular formula is C21H23N5O4. The van der Waals surface area contributed by atoms with Gasteiger partial charge in [0.1, 0.15) is 17.4 Å². The van der Waals surface area contributed by atoms with Crippen molar-refractivity contribution in [2.45, 2.75) is 33.2 Å². The molecule has 1 aromatic carbocycles. The second kappa shape index (κ2) is 8.10. The molecule has 1 aliphatic rings. The van der Waals surface area contributed by atoms with Crippen LogP contribution in [0.15, 0.2) is 39.4 Å². The van der Waals surface area contributed by atoms with E-state index in [4.69, 9.17) is 9.05 Å². The smallest absolute Gasteiger partial charge is 0.259 e. The van der Waals surface area contributed by atoms with Crippen LogP contribution in [0.5, 0.6) is 0 Å². The first-order valence-corrected chi connectivity index (χ1v) is 9.84. The van der Waals surface area contributed by atoms with Gasteiger partial charge in [-0.1, -0.05) is 28.5 Å². The second-order valence-corrected chi connectivity index (χ2v) is 7.34. The largest absolute Gasteiger partial charge is 0.361 e. The molecule has 9 heteroatoms. The molecule has 4 rings (SSSR count). The first-order chi connectivity index (χ1) is 14.5. The Morgan fingerprint density at radius 2 is 1.73 bits per heavy atom. The standard InChI is InChI=1S/C21H23N5O4/c1-13-18(14(2)29-23-13)21(28)25-10-9-17(19-22-15(3)24-30-19)26(12-11-25)20(27)16-7-5-4-6-8-16/h4-8,17H,9-12H2,1-3H3. The third-order valence-electron chi connectivity index (χ3n) is 5.30. The lowest BCUT2D eigenvalue weighted by Gasteiger charge is -2.27. The molecule has 1 atom stereocenters. The van der Waals surface area contributed by atoms with Crippen LogP contribution in [0.25, 0.3) is 0 Å². The zero-order valence-corrected chi connectivity index (χ0v) is 17.2. The normalized spacial score (nSPS) is 17.1. The van der Waals surface area contributed by atoms with Gasteiger partial charge in [-0.15, -0.1) is 0 Å². The summed E-state index contributed by atoms with van der Waals surface area (Å²) in [5.41, 5.74) is 1.61. The highest BCUT2D eigenvalue weighted by molar-refractivity contribution is 5.96. The van der Waals surface area contributed by atoms with Gasteiger partial charge in [0, 0.05) is 25.2 Å². The first kappa shape index (κ1) is 19.8. The highest BCUT2D eigenvalue weighted by atomic mass is 16.5. The number of aryl methyl sites for hydroxylation is 3. The quantitative estimate of drug-likeness (QED) is 0.655. The monoisotopic (exact) mass is 409 g/mol. The molecule has 156 valence electrons. The average Bonchev–Trinajstić information content (AvgIpc) is 3.24. The van der Waals surface area contributed by atoms with E-state index in [0.717, 1.165) is 0 Å². The third kappa shape index (κ3) is 3.70. The predicted molar refractivity (Wildman–Crippen MR) is 106 cm³/mol. The molecule has 0 saturated carbocycles. The summed E-state index contributed by atoms with van der Waals surface area (Å²) >= 11 is 0. The third-order valence-corrected chi connectivity index (χ3v) is 5.30. The van der Waals surface area contributed by atoms with E-state index in [1.54, 1.807) is 42.7 Å². The molecule has 0 bridgehead atoms. The van der Waals surface area contributed by atoms with Crippen molar-refractivity contribution in [1.29, 1.82) is 0 Å². The summed E-state index contributed by atoms with van der Waals surface area (Å²) in [6, 6.07) is 8.64. The van der Waals surface area contributed by atoms with Gasteiger partial charge in [-0.25, -0.2) is 0 Å². The van der Waals surface area contributed by atoms with Crippen LogP contribution in [0.4, 0.5) is 0 Å². The maximum absolute atomic E-state index is 13.3. The topological polar surface area (TPSA) is 106 Å². The maximum atomic E-state index is 13.3. The predicted octanol–water partition coefficient (Wildman–Crippen LogP) is 2.71. The molecule has 30 heavy (non-hydrogen) atoms. The lowest BCUT2D eigenvalue weighted by molar-refractivity contribution is 0.0641. The summed E-state index contributed by atoms with van der Waals surface area (Å²) in [5, 5.41) is 7.76. The van der Waals surface area contributed by atoms with Gasteiger partial charge in [-0.05, 0) is 39.3 Å². The van der Waals surface area contributed by atoms with Crippen molar-refractivity contribution < 1.29 is 18.6 Å². The van der Waals surface area contributed by atoms with E-state index < -0.39 is 6.04 Å². The van der Waals surface area contributed by atoms with Crippen LogP contribution < -0.4 is 0 Å². The van der Waals surface area contributed by atoms with Crippen molar-refractivity contribution in [2.24, 2.45) is 0 Å². The number of nitrogens with zero attached hydrogens (tertiary/aromatic N) is 5. The Labute approximate surface area is 173 Å². The van der Waals surface area contributed by atoms with Crippen molar-refractivity contribution >= 4 is 11.8 Å². The van der Waals surface area contributed by atoms with E-state index in [-0.39, 0.29) is 11.8 Å². The number of benzene rings is 1. The summed E-state index contributed by atoms with van der Waals surface area (Å²) < 4.78 is 10.6. The molecule has 9 nitrogen and oxygen atoms in total. The Morgan fingerprint density at radius 1 is 0.967 bits per heavy atom. The van der Waals surface area contributed by atoms with Crippen LogP contribution in [0.3, 0.4) is 0 Å². The van der Waals surface area contributed by atoms with Crippen LogP contribution in [-0.4, -0.2) is 56.5 Å². The molecule has 0 spiro atoms. The van der Waals surface area contributed by atoms with Gasteiger partial charge in [-0.3, -0.25) is 9.59 Å². The van der Waals surface area contributed by atoms with Crippen LogP contribution >= 0.6 is 0 Å². The van der Waals surface area contributed by atoms with Crippen LogP contribution in [-0.2, 0) is 0 Å². The van der Waals surface area contributed by atoms with Gasteiger partial charge < -0.3 is 18.8 Å². The maximum Gasteiger partial charge on any atom is 0.259 e. The Hall–Kier alpha value is -3.49. The molecule has 0 radical (unpaired) electrons. The molecule has 2 amide bonds. The molecule has 1 fully saturated rings. The van der Waals surface area contributed by atoms with Crippen molar-refractivity contribution in [3.8, 4) is 0 Å². The van der Waals surface area contributed by atoms with Gasteiger partial charge >= 0.3 is 0 Å². The van der Waals surface area contributed by atoms with Crippen molar-refractivity contribution in [3.63, 3.8) is 0 Å². The Morgan fingerprint density at radius 3 is 2.37 bits per heavy atom. The zero-order valence-electron chi connectivity index (χ0n) is 17.2. The van der Waals surface area contributed by atoms with Gasteiger partial charge in [-0.2, -0.15) is 4.98 Å². The molecule has 3 heterocycles. The van der Waals surface area contributed by atoms with E-state index >= 15 is 0 Å². The van der Waals surface area contributed by atoms with Gasteiger partial charge in [0.2, 0.25) is 5.89 Å². The van der Waals surface area contributed by atoms with Crippen LogP contribution in [0.2, 0.25) is 0 Å². The number of amides is 2. The van der Waals surface area contributed by atoms with Gasteiger partial charge in [0.15, 0.2) is 5.82 Å². The van der Waals surface area contributed by atoms with E-state index in [9.17, 15) is 9.59 Å². The highest BCUT2D eigenvalue weighted by Crippen LogP contribution is 2.28. The number of rotatable bonds is 3. The van der Waals surface area contributed by atoms with E-state index in [2.05, 4.69) is 15.3 Å². The summed E-state index contributed by atoms with van der Waals surface area (Å²) in [5.74, 6) is 1.08. The summed E-state index contributed by atoms with van der Waals surface area (Å²) in [6.07, 6.45) is 0.481. The zero-order chi connectivity index (χ0) is 21.3. The lowest BCUT2D eigenvalue weighted by atomic mass is 10.1. The fourth-order valence-electron chi connectivity index (χ4n) is 3.77. The molecule has 2 aromatic heterocycles. The minimum atomic E-state index is -0.415. The number of hydrogen-bond donors (Lipinski definition) is 0. The second-order valence-electron chi connectivity index (χ2n) is 7.34. The van der Waals surface area contributed by atoms with Crippen molar-refractivity contribution in [2.75, 3.05) is 19.6 Å². The minimum absolute atomic E-state index is 0.136. The van der Waals surface area contributed by atoms with Gasteiger partial charge in [0.05, 0.1) is 5.69 Å². The molecule has 3 aromatic rings. The summed E-state index contributed by atoms with van der Waals surface area (Å²) in [7, 11) is 0. The molecule has 1 aliphatic heterocycles. The molecule has 0 N–H and O–H groups in total. The fraction of sp³-hybridized carbons (Fsp3) is 0.381. The molecule has 1 unspecified atom stereocenters. The molecule has 0 aliphatic carbocycles. The summed E-state index contributed by atoms with van der Waals surface area (Å²) in [6.45, 7) is 6.37. The van der Waals surface area contributed by atoms with Crippen molar-refractivity contribution in [1.82, 2.24) is 25.1 Å². The number of carbonyl (C=O) groups is 2. The lowest BCUT2D eigenvalue weighted by Crippen LogP contribution is -2.38. The SMILES string of the molecule is Cc1noc(C2CCN(C(=O)c3c(C)noc3C)CCN2C(=O)c2ccccc2)n1. The number of carbonyl (C=O) groups excluding carboxylic acids is 2. The average molecular weight is 409 g/mol. The van der Waals surface area contributed by atoms with E-state index in [0.29, 0.717) is 60.4 Å². The van der Waals surface area contributed by atoms with Crippen molar-refractivity contribution in [3.05, 3.63) is 64.6 Å². The first-order valence-electron chi connectivity index (χ1n) is 9.84. The van der Waals surface area contributed by atoms with Crippen LogP contribution in [0.1, 0.15) is 56.3 Å². The molecule has 1 saturated heterocycles. The van der Waals surface area contributed by atoms with Crippen LogP contribution in [0, 0.1) is 20.8 Å². The fourth-order valence-corrected chi connectivity index (χ4v) is 3.77. The number of aromatic nitrogens is 3. The van der Waals surface area contributed by atoms with Gasteiger partial charge in [0.25, 0.3) is 11.8 Å². The Bertz CT molecular complexity index is 1040. The van der Waals surface area contributed by atoms with E-state index in [1.165, 1.54) is 0 Å². The highest BCUT2D eigenvalue weighted by Gasteiger charge is 2.35. The molecular weight excluding hydrogens is 386 g/mol. The Kier molecular flexibility index (Phi) is 5.35. The van der Waals surface area contributed by atoms with E-state index in [1.807, 2.05) is 18.2 Å². The summed E-state index contributed by atoms with van der Waals surface area (Å²) in [4.78, 5) is 34.2.